The van der Waals surface area contributed by atoms with Crippen LogP contribution in [0.5, 0.6) is 0 Å². The summed E-state index contributed by atoms with van der Waals surface area (Å²) >= 11 is 0. The monoisotopic (exact) mass is 162 g/mol. The zero-order valence-electron chi connectivity index (χ0n) is 6.50. The first kappa shape index (κ1) is 9.82. The van der Waals surface area contributed by atoms with E-state index >= 15 is 0 Å². The molecule has 0 aromatic carbocycles. The van der Waals surface area contributed by atoms with E-state index < -0.39 is 10.8 Å². The number of aldehydes is 1. The largest absolute Gasteiger partial charge is 0.303 e. The Bertz CT molecular complexity index is 115. The second-order valence-electron chi connectivity index (χ2n) is 2.57. The van der Waals surface area contributed by atoms with Gasteiger partial charge in [0.1, 0.15) is 6.29 Å². The number of carbonyl (C=O) groups excluding carboxylic acids is 1. The number of carbonyl (C=O) groups is 1. The first-order valence-electron chi connectivity index (χ1n) is 3.37. The second-order valence-corrected chi connectivity index (χ2v) is 4.05. The average molecular weight is 162 g/mol. The fourth-order valence-electron chi connectivity index (χ4n) is 0.576. The Morgan fingerprint density at radius 2 is 1.80 bits per heavy atom. The van der Waals surface area contributed by atoms with Gasteiger partial charge in [-0.1, -0.05) is 6.42 Å². The molecule has 0 N–H and O–H groups in total. The van der Waals surface area contributed by atoms with Gasteiger partial charge in [-0.15, -0.1) is 0 Å². The first-order valence-corrected chi connectivity index (χ1v) is 5.34. The number of rotatable bonds is 1. The Morgan fingerprint density at radius 1 is 1.40 bits per heavy atom. The van der Waals surface area contributed by atoms with Crippen LogP contribution in [0, 0.1) is 5.92 Å². The molecular weight excluding hydrogens is 148 g/mol. The molecule has 1 aliphatic rings. The van der Waals surface area contributed by atoms with Crippen molar-refractivity contribution in [1.82, 2.24) is 0 Å². The second kappa shape index (κ2) is 5.59. The molecule has 0 heterocycles. The van der Waals surface area contributed by atoms with E-state index in [1.807, 2.05) is 0 Å². The van der Waals surface area contributed by atoms with E-state index in [0.717, 1.165) is 19.1 Å². The predicted molar refractivity (Wildman–Crippen MR) is 43.4 cm³/mol. The van der Waals surface area contributed by atoms with Crippen LogP contribution in [0.25, 0.3) is 0 Å². The summed E-state index contributed by atoms with van der Waals surface area (Å²) in [6, 6.07) is 0. The van der Waals surface area contributed by atoms with Crippen LogP contribution < -0.4 is 0 Å². The topological polar surface area (TPSA) is 34.1 Å². The van der Waals surface area contributed by atoms with Gasteiger partial charge in [0.15, 0.2) is 0 Å². The van der Waals surface area contributed by atoms with E-state index in [4.69, 9.17) is 0 Å². The maximum absolute atomic E-state index is 9.79. The van der Waals surface area contributed by atoms with Crippen molar-refractivity contribution in [3.8, 4) is 0 Å². The highest BCUT2D eigenvalue weighted by molar-refractivity contribution is 7.83. The van der Waals surface area contributed by atoms with Crippen molar-refractivity contribution in [3.05, 3.63) is 0 Å². The van der Waals surface area contributed by atoms with Crippen LogP contribution in [-0.2, 0) is 15.6 Å². The minimum absolute atomic E-state index is 0.435. The lowest BCUT2D eigenvalue weighted by Crippen LogP contribution is -2.10. The Kier molecular flexibility index (Phi) is 5.49. The first-order chi connectivity index (χ1) is 4.66. The standard InChI is InChI=1S/C5H8O.C2H6OS/c6-4-5-2-1-3-5;1-4(2)3/h4-5H,1-3H2;1-2H3. The van der Waals surface area contributed by atoms with Gasteiger partial charge in [0.25, 0.3) is 0 Å². The van der Waals surface area contributed by atoms with E-state index in [9.17, 15) is 9.00 Å². The molecule has 0 saturated heterocycles. The predicted octanol–water partition coefficient (Wildman–Crippen LogP) is 0.980. The normalized spacial score (nSPS) is 17.1. The Labute approximate surface area is 64.5 Å². The Morgan fingerprint density at radius 3 is 1.80 bits per heavy atom. The summed E-state index contributed by atoms with van der Waals surface area (Å²) in [5.41, 5.74) is 0. The van der Waals surface area contributed by atoms with Gasteiger partial charge in [-0.2, -0.15) is 0 Å². The molecule has 0 aromatic rings. The summed E-state index contributed by atoms with van der Waals surface area (Å²) in [6.07, 6.45) is 7.89. The van der Waals surface area contributed by atoms with E-state index in [2.05, 4.69) is 0 Å². The third kappa shape index (κ3) is 5.95. The molecule has 60 valence electrons. The van der Waals surface area contributed by atoms with E-state index in [0.29, 0.717) is 5.92 Å². The van der Waals surface area contributed by atoms with Crippen LogP contribution >= 0.6 is 0 Å². The van der Waals surface area contributed by atoms with Gasteiger partial charge in [0.05, 0.1) is 0 Å². The van der Waals surface area contributed by atoms with E-state index in [1.54, 1.807) is 12.5 Å². The molecule has 0 unspecified atom stereocenters. The van der Waals surface area contributed by atoms with Crippen molar-refractivity contribution in [3.63, 3.8) is 0 Å². The third-order valence-corrected chi connectivity index (χ3v) is 1.34. The molecule has 0 spiro atoms. The molecule has 1 rings (SSSR count). The lowest BCUT2D eigenvalue weighted by atomic mass is 9.87. The molecule has 0 atom stereocenters. The van der Waals surface area contributed by atoms with Crippen molar-refractivity contribution in [1.29, 1.82) is 0 Å². The summed E-state index contributed by atoms with van der Waals surface area (Å²) in [7, 11) is -0.611. The average Bonchev–Trinajstić information content (AvgIpc) is 1.59. The van der Waals surface area contributed by atoms with Crippen LogP contribution in [0.1, 0.15) is 19.3 Å². The third-order valence-electron chi connectivity index (χ3n) is 1.34. The minimum Gasteiger partial charge on any atom is -0.303 e. The molecular formula is C7H14O2S. The zero-order chi connectivity index (χ0) is 7.98. The molecule has 1 fully saturated rings. The quantitative estimate of drug-likeness (QED) is 0.539. The van der Waals surface area contributed by atoms with Crippen LogP contribution in [-0.4, -0.2) is 23.0 Å². The molecule has 0 aliphatic heterocycles. The van der Waals surface area contributed by atoms with Crippen LogP contribution in [0.2, 0.25) is 0 Å². The van der Waals surface area contributed by atoms with Gasteiger partial charge in [-0.3, -0.25) is 4.21 Å². The molecule has 1 saturated carbocycles. The smallest absolute Gasteiger partial charge is 0.123 e. The number of hydrogen-bond acceptors (Lipinski definition) is 2. The van der Waals surface area contributed by atoms with Gasteiger partial charge in [0.2, 0.25) is 0 Å². The lowest BCUT2D eigenvalue weighted by Gasteiger charge is -2.17. The SMILES string of the molecule is CS(C)=O.O=CC1CCC1. The van der Waals surface area contributed by atoms with Crippen LogP contribution in [0.4, 0.5) is 0 Å². The highest BCUT2D eigenvalue weighted by atomic mass is 32.2. The minimum atomic E-state index is -0.611. The summed E-state index contributed by atoms with van der Waals surface area (Å²) in [5, 5.41) is 0. The molecule has 3 heteroatoms. The molecule has 0 aromatic heterocycles. The van der Waals surface area contributed by atoms with Crippen LogP contribution in [0.15, 0.2) is 0 Å². The lowest BCUT2D eigenvalue weighted by molar-refractivity contribution is -0.113. The van der Waals surface area contributed by atoms with Crippen molar-refractivity contribution in [2.24, 2.45) is 5.92 Å². The highest BCUT2D eigenvalue weighted by Crippen LogP contribution is 2.23. The Balaban J connectivity index is 0.000000180. The maximum Gasteiger partial charge on any atom is 0.123 e. The molecule has 0 bridgehead atoms. The van der Waals surface area contributed by atoms with Gasteiger partial charge in [0, 0.05) is 29.2 Å². The summed E-state index contributed by atoms with van der Waals surface area (Å²) in [5.74, 6) is 0.435. The molecule has 0 radical (unpaired) electrons. The molecule has 1 aliphatic carbocycles. The summed E-state index contributed by atoms with van der Waals surface area (Å²) in [4.78, 5) is 9.79. The van der Waals surface area contributed by atoms with Crippen molar-refractivity contribution >= 4 is 17.1 Å². The zero-order valence-corrected chi connectivity index (χ0v) is 7.32. The Hall–Kier alpha value is -0.180. The van der Waals surface area contributed by atoms with E-state index in [1.165, 1.54) is 6.42 Å². The maximum atomic E-state index is 9.79. The van der Waals surface area contributed by atoms with Crippen molar-refractivity contribution in [2.45, 2.75) is 19.3 Å². The van der Waals surface area contributed by atoms with Gasteiger partial charge >= 0.3 is 0 Å². The summed E-state index contributed by atoms with van der Waals surface area (Å²) < 4.78 is 9.56. The van der Waals surface area contributed by atoms with Gasteiger partial charge in [-0.05, 0) is 12.8 Å². The fraction of sp³-hybridized carbons (Fsp3) is 0.857. The van der Waals surface area contributed by atoms with Crippen molar-refractivity contribution in [2.75, 3.05) is 12.5 Å². The summed E-state index contributed by atoms with van der Waals surface area (Å²) in [6.45, 7) is 0. The fourth-order valence-corrected chi connectivity index (χ4v) is 0.576. The van der Waals surface area contributed by atoms with Crippen molar-refractivity contribution < 1.29 is 9.00 Å². The van der Waals surface area contributed by atoms with Gasteiger partial charge < -0.3 is 4.79 Å². The van der Waals surface area contributed by atoms with E-state index in [-0.39, 0.29) is 0 Å². The molecule has 10 heavy (non-hydrogen) atoms. The molecule has 0 amide bonds. The highest BCUT2D eigenvalue weighted by Gasteiger charge is 2.14. The van der Waals surface area contributed by atoms with Gasteiger partial charge in [-0.25, -0.2) is 0 Å². The molecule has 2 nitrogen and oxygen atoms in total. The van der Waals surface area contributed by atoms with Crippen LogP contribution in [0.3, 0.4) is 0 Å². The number of hydrogen-bond donors (Lipinski definition) is 0.